The second-order valence-corrected chi connectivity index (χ2v) is 7.07. The summed E-state index contributed by atoms with van der Waals surface area (Å²) < 4.78 is 7.19. The van der Waals surface area contributed by atoms with Crippen LogP contribution in [0.15, 0.2) is 52.3 Å². The zero-order valence-electron chi connectivity index (χ0n) is 15.5. The standard InChI is InChI=1S/C20H22N4O4/c1-12-11-24(20(27)23-19(12)26)18-8-16(25)17(28-18)10-21-9-13-4-5-15-14(7-13)3-2-6-22-15/h2-7,11,16-18,21,25H,8-10H2,1H3,(H,23,26,27)/t16-,17+,18+/m0/s1. The van der Waals surface area contributed by atoms with Crippen molar-refractivity contribution in [1.29, 1.82) is 0 Å². The number of benzene rings is 1. The van der Waals surface area contributed by atoms with Crippen molar-refractivity contribution in [2.45, 2.75) is 38.3 Å². The van der Waals surface area contributed by atoms with Crippen LogP contribution in [0, 0.1) is 6.92 Å². The predicted octanol–water partition coefficient (Wildman–Crippen LogP) is 0.831. The van der Waals surface area contributed by atoms with E-state index < -0.39 is 29.7 Å². The molecule has 3 atom stereocenters. The van der Waals surface area contributed by atoms with Crippen LogP contribution in [-0.2, 0) is 11.3 Å². The molecule has 3 N–H and O–H groups in total. The number of rotatable bonds is 5. The molecule has 0 unspecified atom stereocenters. The first kappa shape index (κ1) is 18.5. The Hall–Kier alpha value is -2.81. The van der Waals surface area contributed by atoms with E-state index in [1.165, 1.54) is 10.8 Å². The van der Waals surface area contributed by atoms with Crippen molar-refractivity contribution in [3.8, 4) is 0 Å². The molecule has 0 saturated carbocycles. The van der Waals surface area contributed by atoms with E-state index in [0.29, 0.717) is 25.1 Å². The minimum Gasteiger partial charge on any atom is -0.390 e. The smallest absolute Gasteiger partial charge is 0.330 e. The molecule has 1 aromatic carbocycles. The van der Waals surface area contributed by atoms with Crippen molar-refractivity contribution < 1.29 is 9.84 Å². The summed E-state index contributed by atoms with van der Waals surface area (Å²) in [6.45, 7) is 2.69. The second kappa shape index (κ2) is 7.67. The molecule has 0 aliphatic carbocycles. The molecule has 0 spiro atoms. The first-order chi connectivity index (χ1) is 13.5. The molecule has 2 aromatic heterocycles. The number of ether oxygens (including phenoxy) is 1. The van der Waals surface area contributed by atoms with Crippen LogP contribution >= 0.6 is 0 Å². The van der Waals surface area contributed by atoms with Gasteiger partial charge in [0.15, 0.2) is 0 Å². The third-order valence-corrected chi connectivity index (χ3v) is 5.00. The molecule has 8 nitrogen and oxygen atoms in total. The maximum absolute atomic E-state index is 12.0. The Bertz CT molecular complexity index is 1110. The fourth-order valence-corrected chi connectivity index (χ4v) is 3.46. The van der Waals surface area contributed by atoms with Gasteiger partial charge < -0.3 is 15.2 Å². The number of nitrogens with one attached hydrogen (secondary N) is 2. The molecule has 0 amide bonds. The van der Waals surface area contributed by atoms with Crippen molar-refractivity contribution >= 4 is 10.9 Å². The Morgan fingerprint density at radius 3 is 3.07 bits per heavy atom. The molecule has 0 bridgehead atoms. The van der Waals surface area contributed by atoms with Gasteiger partial charge >= 0.3 is 5.69 Å². The zero-order chi connectivity index (χ0) is 19.7. The molecule has 0 radical (unpaired) electrons. The molecule has 146 valence electrons. The summed E-state index contributed by atoms with van der Waals surface area (Å²) in [5.74, 6) is 0. The average Bonchev–Trinajstić information content (AvgIpc) is 3.05. The highest BCUT2D eigenvalue weighted by molar-refractivity contribution is 5.78. The van der Waals surface area contributed by atoms with Gasteiger partial charge in [0.05, 0.1) is 17.7 Å². The maximum atomic E-state index is 12.0. The largest absolute Gasteiger partial charge is 0.390 e. The van der Waals surface area contributed by atoms with Gasteiger partial charge in [-0.2, -0.15) is 0 Å². The van der Waals surface area contributed by atoms with E-state index >= 15 is 0 Å². The molecule has 1 aliphatic rings. The van der Waals surface area contributed by atoms with Crippen molar-refractivity contribution in [3.05, 3.63) is 74.7 Å². The number of aromatic amines is 1. The normalized spacial score (nSPS) is 22.0. The van der Waals surface area contributed by atoms with Crippen molar-refractivity contribution in [2.75, 3.05) is 6.54 Å². The molecule has 1 fully saturated rings. The van der Waals surface area contributed by atoms with Crippen LogP contribution in [0.25, 0.3) is 10.9 Å². The first-order valence-corrected chi connectivity index (χ1v) is 9.21. The Kier molecular flexibility index (Phi) is 5.08. The minimum atomic E-state index is -0.697. The highest BCUT2D eigenvalue weighted by Gasteiger charge is 2.35. The number of aromatic nitrogens is 3. The third-order valence-electron chi connectivity index (χ3n) is 5.00. The first-order valence-electron chi connectivity index (χ1n) is 9.21. The van der Waals surface area contributed by atoms with E-state index in [0.717, 1.165) is 16.5 Å². The Morgan fingerprint density at radius 1 is 1.36 bits per heavy atom. The van der Waals surface area contributed by atoms with Gasteiger partial charge in [0, 0.05) is 42.9 Å². The second-order valence-electron chi connectivity index (χ2n) is 7.07. The average molecular weight is 382 g/mol. The van der Waals surface area contributed by atoms with E-state index in [1.54, 1.807) is 13.1 Å². The van der Waals surface area contributed by atoms with Crippen molar-refractivity contribution in [1.82, 2.24) is 19.9 Å². The quantitative estimate of drug-likeness (QED) is 0.603. The molecule has 3 heterocycles. The monoisotopic (exact) mass is 382 g/mol. The lowest BCUT2D eigenvalue weighted by molar-refractivity contribution is -0.0194. The fraction of sp³-hybridized carbons (Fsp3) is 0.350. The van der Waals surface area contributed by atoms with Crippen molar-refractivity contribution in [2.24, 2.45) is 0 Å². The SMILES string of the molecule is Cc1cn([C@H]2C[C@H](O)[C@@H](CNCc3ccc4ncccc4c3)O2)c(=O)[nH]c1=O. The summed E-state index contributed by atoms with van der Waals surface area (Å²) in [5, 5.41) is 14.7. The number of H-pyrrole nitrogens is 1. The number of hydrogen-bond acceptors (Lipinski definition) is 6. The topological polar surface area (TPSA) is 109 Å². The van der Waals surface area contributed by atoms with Gasteiger partial charge in [0.1, 0.15) is 6.23 Å². The molecular formula is C20H22N4O4. The zero-order valence-corrected chi connectivity index (χ0v) is 15.5. The van der Waals surface area contributed by atoms with Crippen LogP contribution in [-0.4, -0.2) is 38.4 Å². The number of aliphatic hydroxyl groups excluding tert-OH is 1. The van der Waals surface area contributed by atoms with Crippen LogP contribution < -0.4 is 16.6 Å². The van der Waals surface area contributed by atoms with Gasteiger partial charge in [0.2, 0.25) is 0 Å². The van der Waals surface area contributed by atoms with Gasteiger partial charge in [0.25, 0.3) is 5.56 Å². The summed E-state index contributed by atoms with van der Waals surface area (Å²) in [6.07, 6.45) is 1.79. The van der Waals surface area contributed by atoms with Crippen LogP contribution in [0.4, 0.5) is 0 Å². The van der Waals surface area contributed by atoms with Crippen LogP contribution in [0.1, 0.15) is 23.8 Å². The molecule has 4 rings (SSSR count). The predicted molar refractivity (Wildman–Crippen MR) is 104 cm³/mol. The van der Waals surface area contributed by atoms with Gasteiger partial charge in [-0.3, -0.25) is 19.3 Å². The Morgan fingerprint density at radius 2 is 2.21 bits per heavy atom. The summed E-state index contributed by atoms with van der Waals surface area (Å²) in [4.78, 5) is 30.1. The van der Waals surface area contributed by atoms with Gasteiger partial charge in [-0.25, -0.2) is 4.79 Å². The number of fused-ring (bicyclic) bond motifs is 1. The lowest BCUT2D eigenvalue weighted by Gasteiger charge is -2.17. The van der Waals surface area contributed by atoms with Crippen LogP contribution in [0.3, 0.4) is 0 Å². The lowest BCUT2D eigenvalue weighted by Crippen LogP contribution is -2.35. The molecular weight excluding hydrogens is 360 g/mol. The van der Waals surface area contributed by atoms with Crippen molar-refractivity contribution in [3.63, 3.8) is 0 Å². The van der Waals surface area contributed by atoms with E-state index in [9.17, 15) is 14.7 Å². The molecule has 3 aromatic rings. The number of aryl methyl sites for hydroxylation is 1. The van der Waals surface area contributed by atoms with Gasteiger partial charge in [-0.1, -0.05) is 12.1 Å². The number of aliphatic hydroxyl groups is 1. The van der Waals surface area contributed by atoms with E-state index in [1.807, 2.05) is 24.3 Å². The highest BCUT2D eigenvalue weighted by Crippen LogP contribution is 2.27. The maximum Gasteiger partial charge on any atom is 0.330 e. The number of hydrogen-bond donors (Lipinski definition) is 3. The summed E-state index contributed by atoms with van der Waals surface area (Å²) in [7, 11) is 0. The van der Waals surface area contributed by atoms with Gasteiger partial charge in [-0.05, 0) is 30.7 Å². The molecule has 1 aliphatic heterocycles. The molecule has 8 heteroatoms. The fourth-order valence-electron chi connectivity index (χ4n) is 3.46. The summed E-state index contributed by atoms with van der Waals surface area (Å²) in [5.41, 5.74) is 1.53. The Labute approximate surface area is 160 Å². The minimum absolute atomic E-state index is 0.291. The lowest BCUT2D eigenvalue weighted by atomic mass is 10.1. The van der Waals surface area contributed by atoms with Crippen LogP contribution in [0.5, 0.6) is 0 Å². The van der Waals surface area contributed by atoms with E-state index in [4.69, 9.17) is 4.74 Å². The highest BCUT2D eigenvalue weighted by atomic mass is 16.5. The van der Waals surface area contributed by atoms with Gasteiger partial charge in [-0.15, -0.1) is 0 Å². The summed E-state index contributed by atoms with van der Waals surface area (Å²) in [6, 6.07) is 9.99. The summed E-state index contributed by atoms with van der Waals surface area (Å²) >= 11 is 0. The molecule has 1 saturated heterocycles. The molecule has 28 heavy (non-hydrogen) atoms. The Balaban J connectivity index is 1.38. The van der Waals surface area contributed by atoms with E-state index in [2.05, 4.69) is 21.4 Å². The number of pyridine rings is 1. The third kappa shape index (κ3) is 3.75. The van der Waals surface area contributed by atoms with Crippen LogP contribution in [0.2, 0.25) is 0 Å². The van der Waals surface area contributed by atoms with E-state index in [-0.39, 0.29) is 0 Å². The number of nitrogens with zero attached hydrogens (tertiary/aromatic N) is 2.